The van der Waals surface area contributed by atoms with Gasteiger partial charge in [-0.25, -0.2) is 13.1 Å². The molecule has 1 fully saturated rings. The largest absolute Gasteiger partial charge is 0.486 e. The van der Waals surface area contributed by atoms with E-state index in [1.807, 2.05) is 24.3 Å². The molecule has 2 heterocycles. The predicted octanol–water partition coefficient (Wildman–Crippen LogP) is 1.88. The quantitative estimate of drug-likeness (QED) is 0.825. The van der Waals surface area contributed by atoms with E-state index < -0.39 is 10.0 Å². The summed E-state index contributed by atoms with van der Waals surface area (Å²) in [6, 6.07) is 13.8. The number of nitrogens with one attached hydrogen (secondary N) is 1. The highest BCUT2D eigenvalue weighted by atomic mass is 32.2. The summed E-state index contributed by atoms with van der Waals surface area (Å²) in [5.41, 5.74) is 1.43. The summed E-state index contributed by atoms with van der Waals surface area (Å²) in [4.78, 5) is 2.33. The van der Waals surface area contributed by atoms with E-state index in [1.54, 1.807) is 12.1 Å². The van der Waals surface area contributed by atoms with Crippen molar-refractivity contribution in [2.45, 2.75) is 23.9 Å². The van der Waals surface area contributed by atoms with Crippen LogP contribution < -0.4 is 14.2 Å². The summed E-state index contributed by atoms with van der Waals surface area (Å²) in [6.45, 7) is 3.28. The Labute approximate surface area is 164 Å². The van der Waals surface area contributed by atoms with Crippen LogP contribution in [-0.4, -0.2) is 45.7 Å². The fraction of sp³-hybridized carbons (Fsp3) is 0.350. The lowest BCUT2D eigenvalue weighted by molar-refractivity contribution is 0.171. The van der Waals surface area contributed by atoms with Crippen molar-refractivity contribution in [3.8, 4) is 17.6 Å². The second-order valence-corrected chi connectivity index (χ2v) is 8.67. The van der Waals surface area contributed by atoms with Crippen LogP contribution in [0.1, 0.15) is 17.5 Å². The van der Waals surface area contributed by atoms with Gasteiger partial charge in [0.05, 0.1) is 16.5 Å². The fourth-order valence-corrected chi connectivity index (χ4v) is 4.84. The third-order valence-electron chi connectivity index (χ3n) is 4.88. The van der Waals surface area contributed by atoms with Crippen molar-refractivity contribution in [3.63, 3.8) is 0 Å². The molecule has 0 aliphatic carbocycles. The molecule has 4 rings (SSSR count). The van der Waals surface area contributed by atoms with E-state index in [1.165, 1.54) is 12.1 Å². The van der Waals surface area contributed by atoms with Crippen LogP contribution >= 0.6 is 0 Å². The first kappa shape index (κ1) is 18.7. The predicted molar refractivity (Wildman–Crippen MR) is 103 cm³/mol. The first-order chi connectivity index (χ1) is 13.5. The molecule has 0 saturated carbocycles. The van der Waals surface area contributed by atoms with Gasteiger partial charge < -0.3 is 9.47 Å². The highest BCUT2D eigenvalue weighted by Crippen LogP contribution is 2.31. The van der Waals surface area contributed by atoms with Gasteiger partial charge in [-0.2, -0.15) is 5.26 Å². The SMILES string of the molecule is N#Cc1cccc(S(=O)(=O)N[C@@H]2CCN(Cc3ccc4c(c3)OCCO4)C2)c1. The molecule has 2 aromatic carbocycles. The third-order valence-corrected chi connectivity index (χ3v) is 6.40. The molecule has 0 spiro atoms. The van der Waals surface area contributed by atoms with Gasteiger partial charge in [0.2, 0.25) is 10.0 Å². The molecule has 0 bridgehead atoms. The zero-order valence-corrected chi connectivity index (χ0v) is 16.1. The van der Waals surface area contributed by atoms with Crippen molar-refractivity contribution in [2.75, 3.05) is 26.3 Å². The minimum atomic E-state index is -3.65. The number of benzene rings is 2. The van der Waals surface area contributed by atoms with Crippen molar-refractivity contribution in [2.24, 2.45) is 0 Å². The molecular formula is C20H21N3O4S. The highest BCUT2D eigenvalue weighted by molar-refractivity contribution is 7.89. The van der Waals surface area contributed by atoms with Crippen LogP contribution in [0.2, 0.25) is 0 Å². The smallest absolute Gasteiger partial charge is 0.240 e. The Hall–Kier alpha value is -2.60. The standard InChI is InChI=1S/C20H21N3O4S/c21-12-15-2-1-3-18(10-15)28(24,25)22-17-6-7-23(14-17)13-16-4-5-19-20(11-16)27-9-8-26-19/h1-5,10-11,17,22H,6-9,13-14H2/t17-/m1/s1. The molecule has 7 nitrogen and oxygen atoms in total. The Bertz CT molecular complexity index is 1020. The van der Waals surface area contributed by atoms with Crippen LogP contribution in [0.15, 0.2) is 47.4 Å². The number of sulfonamides is 1. The van der Waals surface area contributed by atoms with E-state index >= 15 is 0 Å². The lowest BCUT2D eigenvalue weighted by Crippen LogP contribution is -2.37. The first-order valence-electron chi connectivity index (χ1n) is 9.17. The third kappa shape index (κ3) is 4.12. The van der Waals surface area contributed by atoms with Gasteiger partial charge in [0, 0.05) is 25.7 Å². The second-order valence-electron chi connectivity index (χ2n) is 6.96. The van der Waals surface area contributed by atoms with Crippen LogP contribution in [0.3, 0.4) is 0 Å². The number of fused-ring (bicyclic) bond motifs is 1. The maximum absolute atomic E-state index is 12.6. The highest BCUT2D eigenvalue weighted by Gasteiger charge is 2.27. The minimum Gasteiger partial charge on any atom is -0.486 e. The van der Waals surface area contributed by atoms with Gasteiger partial charge >= 0.3 is 0 Å². The van der Waals surface area contributed by atoms with Crippen molar-refractivity contribution in [3.05, 3.63) is 53.6 Å². The topological polar surface area (TPSA) is 91.7 Å². The number of hydrogen-bond donors (Lipinski definition) is 1. The molecule has 1 atom stereocenters. The van der Waals surface area contributed by atoms with Crippen molar-refractivity contribution >= 4 is 10.0 Å². The van der Waals surface area contributed by atoms with E-state index in [4.69, 9.17) is 14.7 Å². The number of ether oxygens (including phenoxy) is 2. The van der Waals surface area contributed by atoms with E-state index in [-0.39, 0.29) is 10.9 Å². The number of hydrogen-bond acceptors (Lipinski definition) is 6. The zero-order chi connectivity index (χ0) is 19.6. The van der Waals surface area contributed by atoms with Crippen LogP contribution in [0.25, 0.3) is 0 Å². The van der Waals surface area contributed by atoms with Gasteiger partial charge in [-0.3, -0.25) is 4.90 Å². The molecule has 1 N–H and O–H groups in total. The summed E-state index contributed by atoms with van der Waals surface area (Å²) in [6.07, 6.45) is 0.738. The molecule has 2 aliphatic rings. The van der Waals surface area contributed by atoms with Crippen molar-refractivity contribution in [1.82, 2.24) is 9.62 Å². The molecule has 0 aromatic heterocycles. The number of likely N-dealkylation sites (tertiary alicyclic amines) is 1. The van der Waals surface area contributed by atoms with Crippen molar-refractivity contribution in [1.29, 1.82) is 5.26 Å². The summed E-state index contributed by atoms with van der Waals surface area (Å²) in [5, 5.41) is 8.97. The van der Waals surface area contributed by atoms with E-state index in [0.717, 1.165) is 36.6 Å². The summed E-state index contributed by atoms with van der Waals surface area (Å²) in [5.74, 6) is 1.53. The van der Waals surface area contributed by atoms with E-state index in [9.17, 15) is 8.42 Å². The first-order valence-corrected chi connectivity index (χ1v) is 10.7. The molecule has 2 aromatic rings. The Kier molecular flexibility index (Phi) is 5.22. The van der Waals surface area contributed by atoms with Crippen LogP contribution in [-0.2, 0) is 16.6 Å². The van der Waals surface area contributed by atoms with Gasteiger partial charge in [-0.1, -0.05) is 12.1 Å². The molecule has 0 amide bonds. The fourth-order valence-electron chi connectivity index (χ4n) is 3.54. The Balaban J connectivity index is 1.38. The molecule has 0 unspecified atom stereocenters. The van der Waals surface area contributed by atoms with E-state index in [2.05, 4.69) is 9.62 Å². The van der Waals surface area contributed by atoms with Crippen LogP contribution in [0, 0.1) is 11.3 Å². The van der Waals surface area contributed by atoms with Crippen LogP contribution in [0.5, 0.6) is 11.5 Å². The van der Waals surface area contributed by atoms with E-state index in [0.29, 0.717) is 25.3 Å². The molecule has 8 heteroatoms. The van der Waals surface area contributed by atoms with Gasteiger partial charge in [0.25, 0.3) is 0 Å². The average Bonchev–Trinajstić information content (AvgIpc) is 3.14. The lowest BCUT2D eigenvalue weighted by Gasteiger charge is -2.21. The maximum atomic E-state index is 12.6. The molecular weight excluding hydrogens is 378 g/mol. The zero-order valence-electron chi connectivity index (χ0n) is 15.3. The summed E-state index contributed by atoms with van der Waals surface area (Å²) < 4.78 is 39.2. The summed E-state index contributed by atoms with van der Waals surface area (Å²) in [7, 11) is -3.65. The molecule has 2 aliphatic heterocycles. The average molecular weight is 399 g/mol. The number of nitrogens with zero attached hydrogens (tertiary/aromatic N) is 2. The van der Waals surface area contributed by atoms with Crippen molar-refractivity contribution < 1.29 is 17.9 Å². The number of nitriles is 1. The Morgan fingerprint density at radius 2 is 1.96 bits per heavy atom. The minimum absolute atomic E-state index is 0.122. The lowest BCUT2D eigenvalue weighted by atomic mass is 10.2. The monoisotopic (exact) mass is 399 g/mol. The summed E-state index contributed by atoms with van der Waals surface area (Å²) >= 11 is 0. The van der Waals surface area contributed by atoms with Gasteiger partial charge in [0.1, 0.15) is 13.2 Å². The molecule has 0 radical (unpaired) electrons. The number of rotatable bonds is 5. The molecule has 1 saturated heterocycles. The van der Waals surface area contributed by atoms with Crippen LogP contribution in [0.4, 0.5) is 0 Å². The Morgan fingerprint density at radius 3 is 2.79 bits per heavy atom. The Morgan fingerprint density at radius 1 is 1.14 bits per heavy atom. The van der Waals surface area contributed by atoms with Gasteiger partial charge in [-0.05, 0) is 42.3 Å². The van der Waals surface area contributed by atoms with Gasteiger partial charge in [0.15, 0.2) is 11.5 Å². The molecule has 146 valence electrons. The second kappa shape index (κ2) is 7.80. The normalized spacial score (nSPS) is 19.3. The maximum Gasteiger partial charge on any atom is 0.240 e. The van der Waals surface area contributed by atoms with Gasteiger partial charge in [-0.15, -0.1) is 0 Å². The molecule has 28 heavy (non-hydrogen) atoms.